The molecule has 0 saturated carbocycles. The minimum atomic E-state index is -0.655. The Morgan fingerprint density at radius 1 is 1.70 bits per heavy atom. The number of ether oxygens (including phenoxy) is 2. The third-order valence-electron chi connectivity index (χ3n) is 1.20. The van der Waals surface area contributed by atoms with E-state index in [-0.39, 0.29) is 6.42 Å². The number of carbonyl (C=O) groups excluding carboxylic acids is 2. The maximum absolute atomic E-state index is 10.6. The summed E-state index contributed by atoms with van der Waals surface area (Å²) in [7, 11) is 0. The number of cyclic esters (lactones) is 2. The van der Waals surface area contributed by atoms with Crippen molar-refractivity contribution < 1.29 is 19.1 Å². The predicted octanol–water partition coefficient (Wildman–Crippen LogP) is -0.135. The molecule has 1 saturated heterocycles. The van der Waals surface area contributed by atoms with E-state index in [1.54, 1.807) is 6.92 Å². The first-order valence-corrected chi connectivity index (χ1v) is 3.10. The van der Waals surface area contributed by atoms with Gasteiger partial charge in [-0.25, -0.2) is 4.79 Å². The van der Waals surface area contributed by atoms with E-state index in [1.165, 1.54) is 0 Å². The SMILES string of the molecule is CCOC1CC(=O)OC1=O. The lowest BCUT2D eigenvalue weighted by atomic mass is 10.3. The Hall–Kier alpha value is -0.900. The van der Waals surface area contributed by atoms with Crippen LogP contribution in [0.3, 0.4) is 0 Å². The van der Waals surface area contributed by atoms with Crippen molar-refractivity contribution in [3.8, 4) is 0 Å². The molecule has 0 aliphatic carbocycles. The van der Waals surface area contributed by atoms with E-state index in [1.807, 2.05) is 0 Å². The zero-order valence-electron chi connectivity index (χ0n) is 5.62. The van der Waals surface area contributed by atoms with Crippen LogP contribution in [0.25, 0.3) is 0 Å². The minimum Gasteiger partial charge on any atom is -0.391 e. The molecule has 1 fully saturated rings. The van der Waals surface area contributed by atoms with Crippen molar-refractivity contribution >= 4 is 11.9 Å². The molecule has 10 heavy (non-hydrogen) atoms. The molecule has 0 bridgehead atoms. The van der Waals surface area contributed by atoms with E-state index < -0.39 is 18.0 Å². The first kappa shape index (κ1) is 7.21. The Balaban J connectivity index is 2.46. The van der Waals surface area contributed by atoms with Crippen LogP contribution in [0, 0.1) is 0 Å². The summed E-state index contributed by atoms with van der Waals surface area (Å²) in [6.45, 7) is 2.18. The van der Waals surface area contributed by atoms with Crippen molar-refractivity contribution in [1.29, 1.82) is 0 Å². The highest BCUT2D eigenvalue weighted by Crippen LogP contribution is 2.10. The number of hydrogen-bond acceptors (Lipinski definition) is 4. The van der Waals surface area contributed by atoms with E-state index in [0.717, 1.165) is 0 Å². The van der Waals surface area contributed by atoms with Gasteiger partial charge in [0.2, 0.25) is 0 Å². The maximum atomic E-state index is 10.6. The summed E-state index contributed by atoms with van der Waals surface area (Å²) in [6, 6.07) is 0. The van der Waals surface area contributed by atoms with Crippen LogP contribution in [0.5, 0.6) is 0 Å². The van der Waals surface area contributed by atoms with Gasteiger partial charge in [-0.1, -0.05) is 0 Å². The summed E-state index contributed by atoms with van der Waals surface area (Å²) < 4.78 is 9.11. The van der Waals surface area contributed by atoms with Gasteiger partial charge in [-0.05, 0) is 6.92 Å². The monoisotopic (exact) mass is 144 g/mol. The van der Waals surface area contributed by atoms with Gasteiger partial charge >= 0.3 is 11.9 Å². The molecule has 1 aliphatic heterocycles. The van der Waals surface area contributed by atoms with Crippen molar-refractivity contribution in [2.75, 3.05) is 6.61 Å². The fourth-order valence-corrected chi connectivity index (χ4v) is 0.782. The van der Waals surface area contributed by atoms with E-state index in [9.17, 15) is 9.59 Å². The lowest BCUT2D eigenvalue weighted by Gasteiger charge is -2.01. The predicted molar refractivity (Wildman–Crippen MR) is 31.1 cm³/mol. The summed E-state index contributed by atoms with van der Waals surface area (Å²) in [5, 5.41) is 0. The van der Waals surface area contributed by atoms with Gasteiger partial charge in [0.15, 0.2) is 6.10 Å². The molecule has 4 nitrogen and oxygen atoms in total. The van der Waals surface area contributed by atoms with Crippen molar-refractivity contribution in [2.24, 2.45) is 0 Å². The van der Waals surface area contributed by atoms with E-state index in [2.05, 4.69) is 4.74 Å². The highest BCUT2D eigenvalue weighted by molar-refractivity contribution is 5.96. The van der Waals surface area contributed by atoms with Crippen molar-refractivity contribution in [3.05, 3.63) is 0 Å². The van der Waals surface area contributed by atoms with E-state index in [4.69, 9.17) is 4.74 Å². The number of esters is 2. The van der Waals surface area contributed by atoms with Gasteiger partial charge in [0, 0.05) is 6.61 Å². The van der Waals surface area contributed by atoms with Crippen LogP contribution in [-0.2, 0) is 19.1 Å². The van der Waals surface area contributed by atoms with E-state index >= 15 is 0 Å². The second kappa shape index (κ2) is 2.79. The van der Waals surface area contributed by atoms with Crippen molar-refractivity contribution in [2.45, 2.75) is 19.4 Å². The fourth-order valence-electron chi connectivity index (χ4n) is 0.782. The van der Waals surface area contributed by atoms with Crippen LogP contribution in [-0.4, -0.2) is 24.6 Å². The second-order valence-electron chi connectivity index (χ2n) is 1.94. The van der Waals surface area contributed by atoms with Gasteiger partial charge in [-0.3, -0.25) is 4.79 Å². The van der Waals surface area contributed by atoms with Gasteiger partial charge in [-0.15, -0.1) is 0 Å². The molecular weight excluding hydrogens is 136 g/mol. The highest BCUT2D eigenvalue weighted by atomic mass is 16.6. The third-order valence-corrected chi connectivity index (χ3v) is 1.20. The standard InChI is InChI=1S/C6H8O4/c1-2-9-4-3-5(7)10-6(4)8/h4H,2-3H2,1H3. The lowest BCUT2D eigenvalue weighted by Crippen LogP contribution is -2.17. The largest absolute Gasteiger partial charge is 0.391 e. The molecular formula is C6H8O4. The Labute approximate surface area is 58.1 Å². The normalized spacial score (nSPS) is 25.1. The summed E-state index contributed by atoms with van der Waals surface area (Å²) in [5.74, 6) is -1.06. The van der Waals surface area contributed by atoms with Gasteiger partial charge in [0.25, 0.3) is 0 Å². The molecule has 1 rings (SSSR count). The van der Waals surface area contributed by atoms with Crippen LogP contribution in [0.1, 0.15) is 13.3 Å². The van der Waals surface area contributed by atoms with Crippen molar-refractivity contribution in [1.82, 2.24) is 0 Å². The molecule has 1 heterocycles. The molecule has 0 aromatic heterocycles. The lowest BCUT2D eigenvalue weighted by molar-refractivity contribution is -0.155. The molecule has 56 valence electrons. The number of hydrogen-bond donors (Lipinski definition) is 0. The van der Waals surface area contributed by atoms with Gasteiger partial charge < -0.3 is 9.47 Å². The van der Waals surface area contributed by atoms with Crippen LogP contribution in [0.15, 0.2) is 0 Å². The van der Waals surface area contributed by atoms with Crippen LogP contribution in [0.2, 0.25) is 0 Å². The Morgan fingerprint density at radius 3 is 2.80 bits per heavy atom. The molecule has 1 aliphatic rings. The van der Waals surface area contributed by atoms with E-state index in [0.29, 0.717) is 6.61 Å². The first-order valence-electron chi connectivity index (χ1n) is 3.10. The Kier molecular flexibility index (Phi) is 2.01. The Morgan fingerprint density at radius 2 is 2.40 bits per heavy atom. The molecule has 4 heteroatoms. The second-order valence-corrected chi connectivity index (χ2v) is 1.94. The quantitative estimate of drug-likeness (QED) is 0.400. The van der Waals surface area contributed by atoms with Gasteiger partial charge in [-0.2, -0.15) is 0 Å². The summed E-state index contributed by atoms with van der Waals surface area (Å²) in [5.41, 5.74) is 0. The average Bonchev–Trinajstić information content (AvgIpc) is 2.13. The topological polar surface area (TPSA) is 52.6 Å². The summed E-state index contributed by atoms with van der Waals surface area (Å²) >= 11 is 0. The van der Waals surface area contributed by atoms with Crippen LogP contribution >= 0.6 is 0 Å². The fraction of sp³-hybridized carbons (Fsp3) is 0.667. The first-order chi connectivity index (χ1) is 4.74. The molecule has 0 spiro atoms. The number of carbonyl (C=O) groups is 2. The third kappa shape index (κ3) is 1.33. The molecule has 0 radical (unpaired) electrons. The summed E-state index contributed by atoms with van der Waals surface area (Å²) in [6.07, 6.45) is -0.593. The summed E-state index contributed by atoms with van der Waals surface area (Å²) in [4.78, 5) is 21.0. The average molecular weight is 144 g/mol. The van der Waals surface area contributed by atoms with Crippen molar-refractivity contribution in [3.63, 3.8) is 0 Å². The zero-order valence-corrected chi connectivity index (χ0v) is 5.62. The molecule has 0 amide bonds. The molecule has 1 unspecified atom stereocenters. The van der Waals surface area contributed by atoms with Gasteiger partial charge in [0.05, 0.1) is 6.42 Å². The van der Waals surface area contributed by atoms with Crippen LogP contribution < -0.4 is 0 Å². The minimum absolute atomic E-state index is 0.0622. The van der Waals surface area contributed by atoms with Gasteiger partial charge in [0.1, 0.15) is 0 Å². The molecule has 0 aromatic rings. The molecule has 1 atom stereocenters. The van der Waals surface area contributed by atoms with Crippen LogP contribution in [0.4, 0.5) is 0 Å². The smallest absolute Gasteiger partial charge is 0.343 e. The number of rotatable bonds is 2. The maximum Gasteiger partial charge on any atom is 0.343 e. The highest BCUT2D eigenvalue weighted by Gasteiger charge is 2.33. The molecule has 0 aromatic carbocycles. The molecule has 0 N–H and O–H groups in total. The Bertz CT molecular complexity index is 163. The zero-order chi connectivity index (χ0) is 7.56.